The maximum Gasteiger partial charge on any atom is 0.119 e. The highest BCUT2D eigenvalue weighted by Gasteiger charge is 2.07. The van der Waals surface area contributed by atoms with Gasteiger partial charge in [-0.3, -0.25) is 4.98 Å². The summed E-state index contributed by atoms with van der Waals surface area (Å²) in [6.45, 7) is 4.13. The molecular weight excluding hydrogens is 246 g/mol. The molecule has 0 aliphatic carbocycles. The van der Waals surface area contributed by atoms with E-state index in [1.165, 1.54) is 16.7 Å². The maximum atomic E-state index is 5.33. The lowest BCUT2D eigenvalue weighted by Crippen LogP contribution is -1.90. The second kappa shape index (κ2) is 4.97. The van der Waals surface area contributed by atoms with Gasteiger partial charge in [-0.1, -0.05) is 29.8 Å². The maximum absolute atomic E-state index is 5.33. The number of benzene rings is 2. The first-order chi connectivity index (χ1) is 9.67. The molecule has 0 saturated carbocycles. The number of ether oxygens (including phenoxy) is 1. The van der Waals surface area contributed by atoms with Crippen molar-refractivity contribution in [3.63, 3.8) is 0 Å². The third-order valence-electron chi connectivity index (χ3n) is 3.51. The molecule has 0 spiro atoms. The molecule has 0 N–H and O–H groups in total. The highest BCUT2D eigenvalue weighted by atomic mass is 16.5. The molecule has 20 heavy (non-hydrogen) atoms. The first kappa shape index (κ1) is 12.7. The van der Waals surface area contributed by atoms with Gasteiger partial charge in [0.1, 0.15) is 5.75 Å². The van der Waals surface area contributed by atoms with Crippen LogP contribution in [0.3, 0.4) is 0 Å². The van der Waals surface area contributed by atoms with Gasteiger partial charge in [0.15, 0.2) is 0 Å². The number of pyridine rings is 1. The molecule has 0 bridgehead atoms. The lowest BCUT2D eigenvalue weighted by atomic mass is 9.99. The molecule has 0 fully saturated rings. The summed E-state index contributed by atoms with van der Waals surface area (Å²) >= 11 is 0. The smallest absolute Gasteiger partial charge is 0.119 e. The quantitative estimate of drug-likeness (QED) is 0.677. The van der Waals surface area contributed by atoms with E-state index in [1.807, 2.05) is 19.1 Å². The molecule has 0 aliphatic rings. The summed E-state index contributed by atoms with van der Waals surface area (Å²) in [5.74, 6) is 0.858. The topological polar surface area (TPSA) is 22.1 Å². The minimum atomic E-state index is 0.858. The first-order valence-electron chi connectivity index (χ1n) is 6.70. The number of hydrogen-bond acceptors (Lipinski definition) is 2. The summed E-state index contributed by atoms with van der Waals surface area (Å²) in [7, 11) is 1.69. The minimum absolute atomic E-state index is 0.858. The molecule has 2 heteroatoms. The van der Waals surface area contributed by atoms with Crippen LogP contribution in [0.15, 0.2) is 48.5 Å². The van der Waals surface area contributed by atoms with E-state index in [-0.39, 0.29) is 0 Å². The average molecular weight is 263 g/mol. The van der Waals surface area contributed by atoms with E-state index >= 15 is 0 Å². The molecule has 2 aromatic carbocycles. The lowest BCUT2D eigenvalue weighted by Gasteiger charge is -2.10. The van der Waals surface area contributed by atoms with E-state index in [9.17, 15) is 0 Å². The summed E-state index contributed by atoms with van der Waals surface area (Å²) in [6, 6.07) is 16.7. The number of methoxy groups -OCH3 is 1. The fraction of sp³-hybridized carbons (Fsp3) is 0.167. The highest BCUT2D eigenvalue weighted by Crippen LogP contribution is 2.31. The highest BCUT2D eigenvalue weighted by molar-refractivity contribution is 5.95. The predicted molar refractivity (Wildman–Crippen MR) is 83.2 cm³/mol. The Kier molecular flexibility index (Phi) is 3.15. The molecule has 1 heterocycles. The molecule has 0 saturated heterocycles. The molecule has 0 amide bonds. The van der Waals surface area contributed by atoms with Crippen molar-refractivity contribution >= 4 is 10.9 Å². The summed E-state index contributed by atoms with van der Waals surface area (Å²) in [4.78, 5) is 4.60. The third-order valence-corrected chi connectivity index (χ3v) is 3.51. The monoisotopic (exact) mass is 263 g/mol. The summed E-state index contributed by atoms with van der Waals surface area (Å²) < 4.78 is 5.33. The van der Waals surface area contributed by atoms with E-state index in [0.717, 1.165) is 22.3 Å². The van der Waals surface area contributed by atoms with Gasteiger partial charge in [-0.25, -0.2) is 0 Å². The van der Waals surface area contributed by atoms with Crippen molar-refractivity contribution in [3.05, 3.63) is 59.8 Å². The Labute approximate surface area is 119 Å². The van der Waals surface area contributed by atoms with Gasteiger partial charge in [-0.2, -0.15) is 0 Å². The lowest BCUT2D eigenvalue weighted by molar-refractivity contribution is 0.415. The Morgan fingerprint density at radius 2 is 1.65 bits per heavy atom. The number of aromatic nitrogens is 1. The Morgan fingerprint density at radius 3 is 2.35 bits per heavy atom. The van der Waals surface area contributed by atoms with E-state index in [1.54, 1.807) is 7.11 Å². The van der Waals surface area contributed by atoms with Crippen molar-refractivity contribution in [2.45, 2.75) is 13.8 Å². The van der Waals surface area contributed by atoms with Crippen molar-refractivity contribution in [1.82, 2.24) is 4.98 Å². The van der Waals surface area contributed by atoms with Crippen LogP contribution in [0.25, 0.3) is 22.0 Å². The summed E-state index contributed by atoms with van der Waals surface area (Å²) in [5, 5.41) is 1.12. The van der Waals surface area contributed by atoms with Gasteiger partial charge in [0.25, 0.3) is 0 Å². The van der Waals surface area contributed by atoms with Crippen LogP contribution in [0.4, 0.5) is 0 Å². The zero-order chi connectivity index (χ0) is 14.1. The number of hydrogen-bond donors (Lipinski definition) is 0. The van der Waals surface area contributed by atoms with E-state index in [4.69, 9.17) is 4.74 Å². The number of aryl methyl sites for hydroxylation is 2. The van der Waals surface area contributed by atoms with E-state index in [2.05, 4.69) is 48.3 Å². The third kappa shape index (κ3) is 2.25. The normalized spacial score (nSPS) is 10.8. The van der Waals surface area contributed by atoms with Crippen LogP contribution in [-0.4, -0.2) is 12.1 Å². The van der Waals surface area contributed by atoms with Crippen molar-refractivity contribution in [2.75, 3.05) is 7.11 Å². The van der Waals surface area contributed by atoms with Crippen molar-refractivity contribution in [2.24, 2.45) is 0 Å². The molecule has 0 unspecified atom stereocenters. The molecule has 0 aliphatic heterocycles. The van der Waals surface area contributed by atoms with Crippen LogP contribution in [0, 0.1) is 13.8 Å². The molecular formula is C18H17NO. The second-order valence-electron chi connectivity index (χ2n) is 5.06. The van der Waals surface area contributed by atoms with Crippen LogP contribution in [0.1, 0.15) is 11.3 Å². The van der Waals surface area contributed by atoms with Crippen molar-refractivity contribution < 1.29 is 4.74 Å². The number of nitrogens with zero attached hydrogens (tertiary/aromatic N) is 1. The van der Waals surface area contributed by atoms with Gasteiger partial charge in [-0.15, -0.1) is 0 Å². The molecule has 0 atom stereocenters. The van der Waals surface area contributed by atoms with Gasteiger partial charge in [0, 0.05) is 11.1 Å². The molecule has 0 radical (unpaired) electrons. The van der Waals surface area contributed by atoms with Gasteiger partial charge in [0.05, 0.1) is 12.6 Å². The van der Waals surface area contributed by atoms with Crippen LogP contribution in [-0.2, 0) is 0 Å². The zero-order valence-corrected chi connectivity index (χ0v) is 12.0. The second-order valence-corrected chi connectivity index (χ2v) is 5.06. The molecule has 100 valence electrons. The van der Waals surface area contributed by atoms with E-state index < -0.39 is 0 Å². The minimum Gasteiger partial charge on any atom is -0.497 e. The summed E-state index contributed by atoms with van der Waals surface area (Å²) in [6.07, 6.45) is 0. The van der Waals surface area contributed by atoms with Crippen molar-refractivity contribution in [1.29, 1.82) is 0 Å². The van der Waals surface area contributed by atoms with Crippen LogP contribution < -0.4 is 4.74 Å². The van der Waals surface area contributed by atoms with Crippen LogP contribution in [0.5, 0.6) is 5.75 Å². The van der Waals surface area contributed by atoms with Gasteiger partial charge < -0.3 is 4.74 Å². The average Bonchev–Trinajstić information content (AvgIpc) is 2.47. The predicted octanol–water partition coefficient (Wildman–Crippen LogP) is 4.53. The van der Waals surface area contributed by atoms with Gasteiger partial charge in [-0.05, 0) is 49.2 Å². The number of fused-ring (bicyclic) bond motifs is 1. The Morgan fingerprint density at radius 1 is 0.900 bits per heavy atom. The van der Waals surface area contributed by atoms with Crippen LogP contribution >= 0.6 is 0 Å². The Hall–Kier alpha value is -2.35. The fourth-order valence-electron chi connectivity index (χ4n) is 2.44. The van der Waals surface area contributed by atoms with Gasteiger partial charge in [0.2, 0.25) is 0 Å². The largest absolute Gasteiger partial charge is 0.497 e. The molecule has 1 aromatic heterocycles. The SMILES string of the molecule is COc1ccc2nc(C)cc(-c3ccc(C)cc3)c2c1. The van der Waals surface area contributed by atoms with Gasteiger partial charge >= 0.3 is 0 Å². The fourth-order valence-corrected chi connectivity index (χ4v) is 2.44. The summed E-state index contributed by atoms with van der Waals surface area (Å²) in [5.41, 5.74) is 5.70. The zero-order valence-electron chi connectivity index (χ0n) is 12.0. The Bertz CT molecular complexity index is 760. The first-order valence-corrected chi connectivity index (χ1v) is 6.70. The standard InChI is InChI=1S/C18H17NO/c1-12-4-6-14(7-5-12)16-10-13(2)19-18-9-8-15(20-3)11-17(16)18/h4-11H,1-3H3. The van der Waals surface area contributed by atoms with E-state index in [0.29, 0.717) is 0 Å². The Balaban J connectivity index is 2.29. The van der Waals surface area contributed by atoms with Crippen molar-refractivity contribution in [3.8, 4) is 16.9 Å². The molecule has 3 rings (SSSR count). The molecule has 2 nitrogen and oxygen atoms in total. The number of rotatable bonds is 2. The molecule has 3 aromatic rings. The van der Waals surface area contributed by atoms with Crippen LogP contribution in [0.2, 0.25) is 0 Å².